The number of carboxylic acids is 2. The summed E-state index contributed by atoms with van der Waals surface area (Å²) in [5, 5.41) is 45.9. The first kappa shape index (κ1) is 18.1. The van der Waals surface area contributed by atoms with Gasteiger partial charge in [0.1, 0.15) is 0 Å². The van der Waals surface area contributed by atoms with Crippen molar-refractivity contribution in [1.29, 1.82) is 0 Å². The molecule has 124 valence electrons. The van der Waals surface area contributed by atoms with Crippen LogP contribution in [0.1, 0.15) is 5.56 Å². The first-order valence-corrected chi connectivity index (χ1v) is 6.10. The number of hydrogen-bond donors (Lipinski definition) is 5. The van der Waals surface area contributed by atoms with E-state index < -0.39 is 29.4 Å². The van der Waals surface area contributed by atoms with Gasteiger partial charge in [-0.25, -0.2) is 9.59 Å². The maximum absolute atomic E-state index is 11.8. The summed E-state index contributed by atoms with van der Waals surface area (Å²) in [7, 11) is 1.29. The maximum Gasteiger partial charge on any atom is 0.347 e. The van der Waals surface area contributed by atoms with Crippen LogP contribution < -0.4 is 4.74 Å². The Hall–Kier alpha value is -2.91. The van der Waals surface area contributed by atoms with Gasteiger partial charge in [0, 0.05) is 0 Å². The molecule has 0 saturated heterocycles. The number of carbonyl (C=O) groups is 3. The second kappa shape index (κ2) is 6.90. The van der Waals surface area contributed by atoms with Gasteiger partial charge >= 0.3 is 11.9 Å². The molecule has 1 aromatic carbocycles. The highest BCUT2D eigenvalue weighted by molar-refractivity contribution is 6.16. The van der Waals surface area contributed by atoms with Gasteiger partial charge in [-0.15, -0.1) is 0 Å². The van der Waals surface area contributed by atoms with E-state index in [2.05, 4.69) is 0 Å². The zero-order chi connectivity index (χ0) is 17.8. The number of aliphatic hydroxyl groups excluding tert-OH is 1. The van der Waals surface area contributed by atoms with Gasteiger partial charge in [-0.05, 0) is 23.8 Å². The predicted octanol–water partition coefficient (Wildman–Crippen LogP) is -0.756. The van der Waals surface area contributed by atoms with Crippen LogP contribution in [-0.2, 0) is 14.4 Å². The summed E-state index contributed by atoms with van der Waals surface area (Å²) >= 11 is 0. The number of aliphatic carboxylic acids is 2. The molecule has 0 fully saturated rings. The van der Waals surface area contributed by atoms with Crippen molar-refractivity contribution < 1.29 is 44.7 Å². The molecule has 2 unspecified atom stereocenters. The summed E-state index contributed by atoms with van der Waals surface area (Å²) in [6.07, 6.45) is -1.18. The number of ketones is 1. The minimum atomic E-state index is -3.52. The van der Waals surface area contributed by atoms with E-state index in [1.54, 1.807) is 0 Å². The molecule has 0 saturated carbocycles. The number of carboxylic acid groups (broad SMARTS) is 2. The van der Waals surface area contributed by atoms with E-state index in [9.17, 15) is 29.7 Å². The Balaban J connectivity index is 3.13. The van der Waals surface area contributed by atoms with Crippen LogP contribution in [0.2, 0.25) is 0 Å². The number of phenolic OH excluding ortho intramolecular Hbond substituents is 1. The molecular weight excluding hydrogens is 312 g/mol. The maximum atomic E-state index is 11.8. The SMILES string of the molecule is COc1cc(C=CC(=O)C(O)(C(=O)O)C(O)C(=O)O)ccc1O. The van der Waals surface area contributed by atoms with Crippen LogP contribution in [0.15, 0.2) is 24.3 Å². The van der Waals surface area contributed by atoms with Gasteiger partial charge in [0.25, 0.3) is 5.60 Å². The van der Waals surface area contributed by atoms with E-state index in [0.717, 1.165) is 6.08 Å². The lowest BCUT2D eigenvalue weighted by atomic mass is 9.91. The Morgan fingerprint density at radius 1 is 1.26 bits per heavy atom. The van der Waals surface area contributed by atoms with Crippen molar-refractivity contribution in [1.82, 2.24) is 0 Å². The number of aliphatic hydroxyl groups is 2. The summed E-state index contributed by atoms with van der Waals surface area (Å²) in [5.74, 6) is -5.89. The number of benzene rings is 1. The van der Waals surface area contributed by atoms with Crippen LogP contribution in [0, 0.1) is 0 Å². The third-order valence-corrected chi connectivity index (χ3v) is 2.96. The number of phenols is 1. The molecule has 9 nitrogen and oxygen atoms in total. The third-order valence-electron chi connectivity index (χ3n) is 2.96. The normalized spacial score (nSPS) is 14.9. The topological polar surface area (TPSA) is 162 Å². The van der Waals surface area contributed by atoms with Gasteiger partial charge in [-0.3, -0.25) is 4.79 Å². The molecule has 0 heterocycles. The van der Waals surface area contributed by atoms with Gasteiger partial charge in [0.05, 0.1) is 7.11 Å². The smallest absolute Gasteiger partial charge is 0.347 e. The van der Waals surface area contributed by atoms with Crippen molar-refractivity contribution in [3.8, 4) is 11.5 Å². The molecule has 0 bridgehead atoms. The summed E-state index contributed by atoms with van der Waals surface area (Å²) in [6.45, 7) is 0. The van der Waals surface area contributed by atoms with Gasteiger partial charge < -0.3 is 30.3 Å². The van der Waals surface area contributed by atoms with Crippen molar-refractivity contribution >= 4 is 23.8 Å². The van der Waals surface area contributed by atoms with Gasteiger partial charge in [0.2, 0.25) is 5.78 Å². The van der Waals surface area contributed by atoms with Crippen molar-refractivity contribution in [2.45, 2.75) is 11.7 Å². The summed E-state index contributed by atoms with van der Waals surface area (Å²) in [5.41, 5.74) is -3.23. The molecule has 0 radical (unpaired) electrons. The zero-order valence-electron chi connectivity index (χ0n) is 11.8. The number of aromatic hydroxyl groups is 1. The Labute approximate surface area is 129 Å². The molecule has 9 heteroatoms. The van der Waals surface area contributed by atoms with Gasteiger partial charge in [0.15, 0.2) is 17.6 Å². The number of methoxy groups -OCH3 is 1. The minimum absolute atomic E-state index is 0.0821. The molecule has 2 atom stereocenters. The van der Waals surface area contributed by atoms with Crippen LogP contribution in [0.5, 0.6) is 11.5 Å². The fourth-order valence-electron chi connectivity index (χ4n) is 1.63. The summed E-state index contributed by atoms with van der Waals surface area (Å²) in [4.78, 5) is 33.5. The largest absolute Gasteiger partial charge is 0.504 e. The second-order valence-corrected chi connectivity index (χ2v) is 4.44. The quantitative estimate of drug-likeness (QED) is 0.320. The molecule has 0 amide bonds. The third kappa shape index (κ3) is 3.65. The van der Waals surface area contributed by atoms with E-state index in [1.165, 1.54) is 25.3 Å². The van der Waals surface area contributed by atoms with Gasteiger partial charge in [-0.2, -0.15) is 0 Å². The highest BCUT2D eigenvalue weighted by Crippen LogP contribution is 2.27. The van der Waals surface area contributed by atoms with E-state index in [-0.39, 0.29) is 11.5 Å². The molecule has 0 spiro atoms. The highest BCUT2D eigenvalue weighted by atomic mass is 16.5. The van der Waals surface area contributed by atoms with Crippen molar-refractivity contribution in [2.24, 2.45) is 0 Å². The Bertz CT molecular complexity index is 664. The summed E-state index contributed by atoms with van der Waals surface area (Å²) in [6, 6.07) is 3.92. The standard InChI is InChI=1S/C14H14O9/c1-23-9-6-7(2-4-8(9)15)3-5-10(16)14(22,13(20)21)11(17)12(18)19/h2-6,11,15,17,22H,1H3,(H,18,19)(H,20,21). The molecule has 1 aromatic rings. The monoisotopic (exact) mass is 326 g/mol. The number of carbonyl (C=O) groups excluding carboxylic acids is 1. The summed E-state index contributed by atoms with van der Waals surface area (Å²) < 4.78 is 4.84. The fraction of sp³-hybridized carbons (Fsp3) is 0.214. The average Bonchev–Trinajstić information content (AvgIpc) is 2.51. The van der Waals surface area contributed by atoms with Crippen molar-refractivity contribution in [3.63, 3.8) is 0 Å². The molecule has 0 aliphatic heterocycles. The Kier molecular flexibility index (Phi) is 5.44. The predicted molar refractivity (Wildman–Crippen MR) is 74.9 cm³/mol. The molecule has 1 rings (SSSR count). The van der Waals surface area contributed by atoms with E-state index in [4.69, 9.17) is 14.9 Å². The molecular formula is C14H14O9. The van der Waals surface area contributed by atoms with Gasteiger partial charge in [-0.1, -0.05) is 12.1 Å². The van der Waals surface area contributed by atoms with E-state index in [0.29, 0.717) is 11.6 Å². The average molecular weight is 326 g/mol. The lowest BCUT2D eigenvalue weighted by Gasteiger charge is -2.22. The van der Waals surface area contributed by atoms with Crippen LogP contribution in [0.25, 0.3) is 6.08 Å². The van der Waals surface area contributed by atoms with E-state index >= 15 is 0 Å². The first-order valence-electron chi connectivity index (χ1n) is 6.10. The molecule has 0 aliphatic rings. The molecule has 23 heavy (non-hydrogen) atoms. The second-order valence-electron chi connectivity index (χ2n) is 4.44. The Morgan fingerprint density at radius 3 is 2.35 bits per heavy atom. The van der Waals surface area contributed by atoms with Crippen LogP contribution in [0.3, 0.4) is 0 Å². The van der Waals surface area contributed by atoms with Crippen molar-refractivity contribution in [3.05, 3.63) is 29.8 Å². The number of ether oxygens (including phenoxy) is 1. The Morgan fingerprint density at radius 2 is 1.87 bits per heavy atom. The number of hydrogen-bond acceptors (Lipinski definition) is 7. The zero-order valence-corrected chi connectivity index (χ0v) is 11.8. The fourth-order valence-corrected chi connectivity index (χ4v) is 1.63. The lowest BCUT2D eigenvalue weighted by Crippen LogP contribution is -2.58. The van der Waals surface area contributed by atoms with Crippen LogP contribution in [0.4, 0.5) is 0 Å². The number of rotatable bonds is 7. The van der Waals surface area contributed by atoms with E-state index in [1.807, 2.05) is 0 Å². The first-order chi connectivity index (χ1) is 10.6. The van der Waals surface area contributed by atoms with Crippen LogP contribution >= 0.6 is 0 Å². The molecule has 0 aromatic heterocycles. The molecule has 5 N–H and O–H groups in total. The van der Waals surface area contributed by atoms with Crippen LogP contribution in [-0.4, -0.2) is 62.1 Å². The molecule has 0 aliphatic carbocycles. The minimum Gasteiger partial charge on any atom is -0.504 e. The highest BCUT2D eigenvalue weighted by Gasteiger charge is 2.53. The lowest BCUT2D eigenvalue weighted by molar-refractivity contribution is -0.184. The van der Waals surface area contributed by atoms with Crippen molar-refractivity contribution in [2.75, 3.05) is 7.11 Å².